The molecule has 222 valence electrons. The Bertz CT molecular complexity index is 1030. The summed E-state index contributed by atoms with van der Waals surface area (Å²) in [7, 11) is 0. The first-order valence-electron chi connectivity index (χ1n) is 13.1. The van der Waals surface area contributed by atoms with Gasteiger partial charge in [0.2, 0.25) is 23.6 Å². The van der Waals surface area contributed by atoms with Gasteiger partial charge in [-0.15, -0.1) is 0 Å². The fourth-order valence-corrected chi connectivity index (χ4v) is 3.77. The molecule has 0 radical (unpaired) electrons. The quantitative estimate of drug-likeness (QED) is 0.0585. The number of carbonyl (C=O) groups excluding carboxylic acids is 4. The monoisotopic (exact) mass is 562 g/mol. The number of hydrogen-bond donors (Lipinski definition) is 8. The van der Waals surface area contributed by atoms with Gasteiger partial charge >= 0.3 is 5.97 Å². The normalized spacial score (nSPS) is 14.5. The fraction of sp³-hybridized carbons (Fsp3) is 0.538. The van der Waals surface area contributed by atoms with Crippen LogP contribution in [0, 0.1) is 5.92 Å². The molecule has 12 N–H and O–H groups in total. The zero-order valence-corrected chi connectivity index (χ0v) is 23.0. The second-order valence-electron chi connectivity index (χ2n) is 9.58. The van der Waals surface area contributed by atoms with Crippen molar-refractivity contribution in [1.82, 2.24) is 16.0 Å². The molecule has 1 aromatic rings. The van der Waals surface area contributed by atoms with E-state index >= 15 is 0 Å². The Balaban J connectivity index is 2.99. The highest BCUT2D eigenvalue weighted by molar-refractivity contribution is 5.94. The summed E-state index contributed by atoms with van der Waals surface area (Å²) in [6.45, 7) is 3.70. The lowest BCUT2D eigenvalue weighted by Gasteiger charge is -2.28. The average molecular weight is 563 g/mol. The number of aliphatic carboxylic acids is 1. The molecule has 0 saturated carbocycles. The molecular weight excluding hydrogens is 520 g/mol. The first kappa shape index (κ1) is 33.8. The number of nitrogens with one attached hydrogen (secondary N) is 3. The van der Waals surface area contributed by atoms with Crippen LogP contribution in [0.1, 0.15) is 51.5 Å². The Hall–Kier alpha value is -4.20. The van der Waals surface area contributed by atoms with E-state index in [4.69, 9.17) is 22.9 Å². The Morgan fingerprint density at radius 3 is 2.08 bits per heavy atom. The van der Waals surface area contributed by atoms with E-state index in [2.05, 4.69) is 20.9 Å². The Morgan fingerprint density at radius 2 is 1.52 bits per heavy atom. The number of rotatable bonds is 18. The number of hydrogen-bond acceptors (Lipinski definition) is 7. The smallest absolute Gasteiger partial charge is 0.326 e. The van der Waals surface area contributed by atoms with Crippen molar-refractivity contribution >= 4 is 35.6 Å². The minimum Gasteiger partial charge on any atom is -0.480 e. The van der Waals surface area contributed by atoms with Gasteiger partial charge in [-0.3, -0.25) is 24.2 Å². The standard InChI is InChI=1S/C26H42N8O6/c1-3-15(2)21(24(38)33-19(25(39)40)10-7-13-31-26(29)30)34-23(37)18(11-12-20(28)35)32-22(36)17(27)14-16-8-5-4-6-9-16/h4-6,8-9,15,17-19,21H,3,7,10-14,27H2,1-2H3,(H2,28,35)(H,32,36)(H,33,38)(H,34,37)(H,39,40)(H4,29,30,31). The predicted molar refractivity (Wildman–Crippen MR) is 149 cm³/mol. The van der Waals surface area contributed by atoms with Crippen molar-refractivity contribution in [2.75, 3.05) is 6.54 Å². The lowest BCUT2D eigenvalue weighted by Crippen LogP contribution is -2.58. The fourth-order valence-electron chi connectivity index (χ4n) is 3.77. The molecule has 0 heterocycles. The van der Waals surface area contributed by atoms with E-state index < -0.39 is 59.7 Å². The molecule has 0 bridgehead atoms. The molecule has 0 aliphatic rings. The Labute approximate surface area is 233 Å². The third-order valence-electron chi connectivity index (χ3n) is 6.30. The van der Waals surface area contributed by atoms with E-state index in [0.717, 1.165) is 5.56 Å². The zero-order chi connectivity index (χ0) is 30.2. The van der Waals surface area contributed by atoms with Crippen LogP contribution >= 0.6 is 0 Å². The summed E-state index contributed by atoms with van der Waals surface area (Å²) in [5.41, 5.74) is 22.7. The van der Waals surface area contributed by atoms with Gasteiger partial charge in [0.15, 0.2) is 5.96 Å². The second-order valence-corrected chi connectivity index (χ2v) is 9.58. The predicted octanol–water partition coefficient (Wildman–Crippen LogP) is -1.54. The summed E-state index contributed by atoms with van der Waals surface area (Å²) in [6.07, 6.45) is 0.705. The van der Waals surface area contributed by atoms with Crippen molar-refractivity contribution in [3.8, 4) is 0 Å². The van der Waals surface area contributed by atoms with Gasteiger partial charge in [0.05, 0.1) is 6.04 Å². The number of carboxylic acid groups (broad SMARTS) is 1. The minimum absolute atomic E-state index is 0.0512. The SMILES string of the molecule is CCC(C)C(NC(=O)C(CCC(N)=O)NC(=O)C(N)Cc1ccccc1)C(=O)NC(CCCN=C(N)N)C(=O)O. The van der Waals surface area contributed by atoms with E-state index in [1.807, 2.05) is 30.3 Å². The maximum atomic E-state index is 13.2. The van der Waals surface area contributed by atoms with Gasteiger partial charge < -0.3 is 44.0 Å². The van der Waals surface area contributed by atoms with E-state index in [9.17, 15) is 29.1 Å². The summed E-state index contributed by atoms with van der Waals surface area (Å²) in [4.78, 5) is 66.1. The number of amides is 4. The summed E-state index contributed by atoms with van der Waals surface area (Å²) >= 11 is 0. The molecule has 4 amide bonds. The molecule has 1 rings (SSSR count). The van der Waals surface area contributed by atoms with E-state index in [-0.39, 0.29) is 38.2 Å². The summed E-state index contributed by atoms with van der Waals surface area (Å²) in [5.74, 6) is -4.53. The Kier molecular flexibility index (Phi) is 14.7. The van der Waals surface area contributed by atoms with Crippen molar-refractivity contribution in [2.45, 2.75) is 76.5 Å². The molecule has 0 aliphatic heterocycles. The van der Waals surface area contributed by atoms with Gasteiger partial charge in [0, 0.05) is 13.0 Å². The highest BCUT2D eigenvalue weighted by atomic mass is 16.4. The molecule has 0 saturated heterocycles. The first-order valence-corrected chi connectivity index (χ1v) is 13.1. The highest BCUT2D eigenvalue weighted by Gasteiger charge is 2.32. The maximum Gasteiger partial charge on any atom is 0.326 e. The van der Waals surface area contributed by atoms with Crippen LogP contribution in [0.5, 0.6) is 0 Å². The summed E-state index contributed by atoms with van der Waals surface area (Å²) < 4.78 is 0. The van der Waals surface area contributed by atoms with Crippen LogP contribution in [0.25, 0.3) is 0 Å². The summed E-state index contributed by atoms with van der Waals surface area (Å²) in [5, 5.41) is 17.2. The molecule has 14 nitrogen and oxygen atoms in total. The van der Waals surface area contributed by atoms with Gasteiger partial charge in [-0.1, -0.05) is 50.6 Å². The molecule has 40 heavy (non-hydrogen) atoms. The number of carboxylic acids is 1. The topological polar surface area (TPSA) is 258 Å². The molecule has 5 unspecified atom stereocenters. The zero-order valence-electron chi connectivity index (χ0n) is 23.0. The van der Waals surface area contributed by atoms with Crippen LogP contribution < -0.4 is 38.9 Å². The maximum absolute atomic E-state index is 13.2. The Morgan fingerprint density at radius 1 is 0.900 bits per heavy atom. The molecule has 0 aliphatic carbocycles. The molecule has 0 aromatic heterocycles. The van der Waals surface area contributed by atoms with Crippen LogP contribution in [0.2, 0.25) is 0 Å². The average Bonchev–Trinajstić information content (AvgIpc) is 2.90. The number of nitrogens with zero attached hydrogens (tertiary/aromatic N) is 1. The lowest BCUT2D eigenvalue weighted by atomic mass is 9.96. The number of guanidine groups is 1. The highest BCUT2D eigenvalue weighted by Crippen LogP contribution is 2.11. The number of nitrogens with two attached hydrogens (primary N) is 4. The van der Waals surface area contributed by atoms with Gasteiger partial charge in [-0.05, 0) is 37.2 Å². The van der Waals surface area contributed by atoms with Gasteiger partial charge in [-0.2, -0.15) is 0 Å². The van der Waals surface area contributed by atoms with Gasteiger partial charge in [0.25, 0.3) is 0 Å². The van der Waals surface area contributed by atoms with Crippen molar-refractivity contribution in [3.05, 3.63) is 35.9 Å². The van der Waals surface area contributed by atoms with E-state index in [1.54, 1.807) is 13.8 Å². The molecule has 5 atom stereocenters. The first-order chi connectivity index (χ1) is 18.8. The van der Waals surface area contributed by atoms with E-state index in [0.29, 0.717) is 12.8 Å². The third kappa shape index (κ3) is 12.6. The second kappa shape index (κ2) is 17.4. The van der Waals surface area contributed by atoms with Gasteiger partial charge in [0.1, 0.15) is 18.1 Å². The number of benzene rings is 1. The van der Waals surface area contributed by atoms with Crippen LogP contribution in [0.3, 0.4) is 0 Å². The van der Waals surface area contributed by atoms with Gasteiger partial charge in [-0.25, -0.2) is 4.79 Å². The molecule has 1 aromatic carbocycles. The summed E-state index contributed by atoms with van der Waals surface area (Å²) in [6, 6.07) is 4.51. The molecule has 0 spiro atoms. The lowest BCUT2D eigenvalue weighted by molar-refractivity contribution is -0.143. The van der Waals surface area contributed by atoms with Crippen LogP contribution in [0.4, 0.5) is 0 Å². The van der Waals surface area contributed by atoms with Crippen molar-refractivity contribution in [1.29, 1.82) is 0 Å². The molecule has 0 fully saturated rings. The largest absolute Gasteiger partial charge is 0.480 e. The molecule has 14 heteroatoms. The number of carbonyl (C=O) groups is 5. The van der Waals surface area contributed by atoms with Crippen molar-refractivity contribution in [2.24, 2.45) is 33.8 Å². The number of aliphatic imine (C=N–C) groups is 1. The van der Waals surface area contributed by atoms with Crippen LogP contribution in [-0.4, -0.2) is 71.4 Å². The minimum atomic E-state index is -1.26. The van der Waals surface area contributed by atoms with Crippen LogP contribution in [0.15, 0.2) is 35.3 Å². The van der Waals surface area contributed by atoms with Crippen molar-refractivity contribution in [3.63, 3.8) is 0 Å². The molecular formula is C26H42N8O6. The number of primary amides is 1. The van der Waals surface area contributed by atoms with Crippen molar-refractivity contribution < 1.29 is 29.1 Å². The van der Waals surface area contributed by atoms with E-state index in [1.165, 1.54) is 0 Å². The third-order valence-corrected chi connectivity index (χ3v) is 6.30. The van der Waals surface area contributed by atoms with Crippen LogP contribution in [-0.2, 0) is 30.4 Å².